The van der Waals surface area contributed by atoms with Gasteiger partial charge in [0.05, 0.1) is 11.1 Å². The summed E-state index contributed by atoms with van der Waals surface area (Å²) in [7, 11) is 4.35. The van der Waals surface area contributed by atoms with Crippen molar-refractivity contribution in [2.24, 2.45) is 5.92 Å². The summed E-state index contributed by atoms with van der Waals surface area (Å²) in [6.07, 6.45) is 12.2. The highest BCUT2D eigenvalue weighted by Gasteiger charge is 2.55. The first kappa shape index (κ1) is 26.5. The van der Waals surface area contributed by atoms with Crippen LogP contribution in [0, 0.1) is 5.92 Å². The number of carbonyl (C=O) groups excluding carboxylic acids is 2. The van der Waals surface area contributed by atoms with Gasteiger partial charge in [-0.15, -0.1) is 0 Å². The van der Waals surface area contributed by atoms with Crippen LogP contribution < -0.4 is 5.32 Å². The normalized spacial score (nSPS) is 30.1. The smallest absolute Gasteiger partial charge is 0.321 e. The number of carbonyl (C=O) groups is 2. The molecule has 3 saturated carbocycles. The van der Waals surface area contributed by atoms with Gasteiger partial charge in [-0.1, -0.05) is 56.0 Å². The molecule has 1 spiro atoms. The van der Waals surface area contributed by atoms with Crippen LogP contribution in [0.1, 0.15) is 82.6 Å². The monoisotopic (exact) mass is 510 g/mol. The topological polar surface area (TPSA) is 76.1 Å². The Morgan fingerprint density at radius 2 is 1.68 bits per heavy atom. The van der Waals surface area contributed by atoms with Gasteiger partial charge in [0.25, 0.3) is 0 Å². The Labute approximate surface area is 222 Å². The molecule has 0 unspecified atom stereocenters. The van der Waals surface area contributed by atoms with Gasteiger partial charge in [-0.05, 0) is 76.9 Å². The van der Waals surface area contributed by atoms with E-state index in [9.17, 15) is 14.7 Å². The summed E-state index contributed by atoms with van der Waals surface area (Å²) in [4.78, 5) is 33.0. The zero-order valence-electron chi connectivity index (χ0n) is 22.9. The average molecular weight is 511 g/mol. The number of urea groups is 1. The molecule has 3 aliphatic carbocycles. The molecular weight excluding hydrogens is 464 g/mol. The molecular formula is C30H46N4O3. The SMILES string of the molecule is CN(C)[C@]1(c2ccccc2)CC[C@]2(CC1)CN(CC(=O)NCC1(O)CCCCC1)C(=O)N2CC1CCC1. The molecule has 4 fully saturated rings. The van der Waals surface area contributed by atoms with Gasteiger partial charge in [0.2, 0.25) is 5.91 Å². The summed E-state index contributed by atoms with van der Waals surface area (Å²) in [6.45, 7) is 1.80. The van der Waals surface area contributed by atoms with E-state index in [1.54, 1.807) is 4.90 Å². The zero-order valence-corrected chi connectivity index (χ0v) is 22.9. The molecule has 1 aromatic rings. The second-order valence-electron chi connectivity index (χ2n) is 12.6. The van der Waals surface area contributed by atoms with E-state index < -0.39 is 5.60 Å². The highest BCUT2D eigenvalue weighted by atomic mass is 16.3. The number of hydrogen-bond donors (Lipinski definition) is 2. The van der Waals surface area contributed by atoms with Crippen molar-refractivity contribution in [2.45, 2.75) is 93.7 Å². The predicted molar refractivity (Wildman–Crippen MR) is 145 cm³/mol. The number of amides is 3. The van der Waals surface area contributed by atoms with Crippen LogP contribution in [-0.2, 0) is 10.3 Å². The van der Waals surface area contributed by atoms with Crippen LogP contribution >= 0.6 is 0 Å². The third kappa shape index (κ3) is 5.26. The van der Waals surface area contributed by atoms with Crippen molar-refractivity contribution in [3.05, 3.63) is 35.9 Å². The fourth-order valence-electron chi connectivity index (χ4n) is 7.39. The molecule has 7 heteroatoms. The Hall–Kier alpha value is -2.12. The summed E-state index contributed by atoms with van der Waals surface area (Å²) in [5.74, 6) is 0.431. The molecule has 1 heterocycles. The van der Waals surface area contributed by atoms with E-state index in [1.165, 1.54) is 24.8 Å². The second kappa shape index (κ2) is 10.6. The predicted octanol–water partition coefficient (Wildman–Crippen LogP) is 4.11. The quantitative estimate of drug-likeness (QED) is 0.552. The van der Waals surface area contributed by atoms with Crippen LogP contribution in [0.2, 0.25) is 0 Å². The van der Waals surface area contributed by atoms with E-state index in [4.69, 9.17) is 0 Å². The van der Waals surface area contributed by atoms with E-state index in [1.807, 2.05) is 0 Å². The van der Waals surface area contributed by atoms with Crippen LogP contribution in [0.5, 0.6) is 0 Å². The molecule has 1 saturated heterocycles. The fraction of sp³-hybridized carbons (Fsp3) is 0.733. The van der Waals surface area contributed by atoms with Gasteiger partial charge >= 0.3 is 6.03 Å². The summed E-state index contributed by atoms with van der Waals surface area (Å²) in [5.41, 5.74) is 0.318. The molecule has 204 valence electrons. The van der Waals surface area contributed by atoms with E-state index in [-0.39, 0.29) is 36.1 Å². The maximum absolute atomic E-state index is 13.7. The average Bonchev–Trinajstić information content (AvgIpc) is 3.11. The van der Waals surface area contributed by atoms with Crippen molar-refractivity contribution < 1.29 is 14.7 Å². The summed E-state index contributed by atoms with van der Waals surface area (Å²) >= 11 is 0. The second-order valence-corrected chi connectivity index (χ2v) is 12.6. The van der Waals surface area contributed by atoms with Crippen molar-refractivity contribution >= 4 is 11.9 Å². The number of rotatable bonds is 8. The Morgan fingerprint density at radius 1 is 1.00 bits per heavy atom. The summed E-state index contributed by atoms with van der Waals surface area (Å²) < 4.78 is 0. The third-order valence-electron chi connectivity index (χ3n) is 10.1. The lowest BCUT2D eigenvalue weighted by Gasteiger charge is -2.51. The lowest BCUT2D eigenvalue weighted by atomic mass is 9.68. The molecule has 37 heavy (non-hydrogen) atoms. The van der Waals surface area contributed by atoms with Crippen molar-refractivity contribution in [1.29, 1.82) is 0 Å². The van der Waals surface area contributed by atoms with Gasteiger partial charge < -0.3 is 20.2 Å². The van der Waals surface area contributed by atoms with Gasteiger partial charge in [0.1, 0.15) is 6.54 Å². The molecule has 1 aromatic carbocycles. The molecule has 0 atom stereocenters. The molecule has 3 amide bonds. The number of nitrogens with zero attached hydrogens (tertiary/aromatic N) is 3. The van der Waals surface area contributed by atoms with Crippen LogP contribution in [-0.4, -0.2) is 83.2 Å². The molecule has 7 nitrogen and oxygen atoms in total. The highest BCUT2D eigenvalue weighted by molar-refractivity contribution is 5.86. The van der Waals surface area contributed by atoms with Crippen LogP contribution in [0.3, 0.4) is 0 Å². The van der Waals surface area contributed by atoms with Crippen molar-refractivity contribution in [3.8, 4) is 0 Å². The highest BCUT2D eigenvalue weighted by Crippen LogP contribution is 2.49. The Bertz CT molecular complexity index is 947. The van der Waals surface area contributed by atoms with Gasteiger partial charge in [-0.3, -0.25) is 9.69 Å². The largest absolute Gasteiger partial charge is 0.388 e. The van der Waals surface area contributed by atoms with E-state index in [0.717, 1.165) is 64.3 Å². The van der Waals surface area contributed by atoms with E-state index in [2.05, 4.69) is 59.5 Å². The van der Waals surface area contributed by atoms with Gasteiger partial charge in [-0.25, -0.2) is 4.79 Å². The molecule has 0 bridgehead atoms. The lowest BCUT2D eigenvalue weighted by molar-refractivity contribution is -0.123. The van der Waals surface area contributed by atoms with Crippen LogP contribution in [0.25, 0.3) is 0 Å². The minimum atomic E-state index is -0.795. The first-order chi connectivity index (χ1) is 17.8. The Morgan fingerprint density at radius 3 is 2.27 bits per heavy atom. The standard InChI is InChI=1S/C30H46N4O3/c1-32(2)30(25-12-5-3-6-13-25)18-16-28(17-19-30)23-33(27(36)34(28)20-24-10-9-11-24)21-26(35)31-22-29(37)14-7-4-8-15-29/h3,5-6,12-13,24,37H,4,7-11,14-23H2,1-2H3,(H,31,35)/t28-,30+. The van der Waals surface area contributed by atoms with E-state index >= 15 is 0 Å². The number of aliphatic hydroxyl groups is 1. The first-order valence-electron chi connectivity index (χ1n) is 14.5. The molecule has 0 aromatic heterocycles. The maximum atomic E-state index is 13.7. The number of benzene rings is 1. The summed E-state index contributed by atoms with van der Waals surface area (Å²) in [6, 6.07) is 10.8. The lowest BCUT2D eigenvalue weighted by Crippen LogP contribution is -2.56. The Balaban J connectivity index is 1.28. The van der Waals surface area contributed by atoms with Crippen molar-refractivity contribution in [3.63, 3.8) is 0 Å². The molecule has 0 radical (unpaired) electrons. The van der Waals surface area contributed by atoms with Crippen LogP contribution in [0.15, 0.2) is 30.3 Å². The zero-order chi connectivity index (χ0) is 26.1. The van der Waals surface area contributed by atoms with Crippen LogP contribution in [0.4, 0.5) is 4.79 Å². The summed E-state index contributed by atoms with van der Waals surface area (Å²) in [5, 5.41) is 13.7. The van der Waals surface area contributed by atoms with Crippen molar-refractivity contribution in [1.82, 2.24) is 20.0 Å². The first-order valence-corrected chi connectivity index (χ1v) is 14.5. The molecule has 4 aliphatic rings. The number of hydrogen-bond acceptors (Lipinski definition) is 4. The maximum Gasteiger partial charge on any atom is 0.321 e. The van der Waals surface area contributed by atoms with Gasteiger partial charge in [0.15, 0.2) is 0 Å². The van der Waals surface area contributed by atoms with Gasteiger partial charge in [0, 0.05) is 25.2 Å². The fourth-order valence-corrected chi connectivity index (χ4v) is 7.39. The molecule has 5 rings (SSSR count). The minimum Gasteiger partial charge on any atom is -0.388 e. The Kier molecular flexibility index (Phi) is 7.56. The number of nitrogens with one attached hydrogen (secondary N) is 1. The van der Waals surface area contributed by atoms with E-state index in [0.29, 0.717) is 12.5 Å². The minimum absolute atomic E-state index is 0.0236. The van der Waals surface area contributed by atoms with Gasteiger partial charge in [-0.2, -0.15) is 0 Å². The molecule has 1 aliphatic heterocycles. The van der Waals surface area contributed by atoms with Crippen molar-refractivity contribution in [2.75, 3.05) is 40.3 Å². The third-order valence-corrected chi connectivity index (χ3v) is 10.1. The molecule has 2 N–H and O–H groups in total.